The Bertz CT molecular complexity index is 1110. The molecule has 29 heavy (non-hydrogen) atoms. The zero-order chi connectivity index (χ0) is 21.0. The lowest BCUT2D eigenvalue weighted by molar-refractivity contribution is -0.117. The van der Waals surface area contributed by atoms with E-state index in [-0.39, 0.29) is 11.6 Å². The predicted molar refractivity (Wildman–Crippen MR) is 117 cm³/mol. The van der Waals surface area contributed by atoms with Gasteiger partial charge in [-0.25, -0.2) is 0 Å². The van der Waals surface area contributed by atoms with E-state index < -0.39 is 5.91 Å². The number of halogens is 1. The van der Waals surface area contributed by atoms with Gasteiger partial charge in [0.1, 0.15) is 11.6 Å². The lowest BCUT2D eigenvalue weighted by Gasteiger charge is -2.13. The van der Waals surface area contributed by atoms with Crippen LogP contribution in [0.1, 0.15) is 35.5 Å². The molecule has 3 aromatic rings. The summed E-state index contributed by atoms with van der Waals surface area (Å²) in [5.74, 6) is -0.392. The molecule has 0 saturated heterocycles. The second kappa shape index (κ2) is 8.81. The van der Waals surface area contributed by atoms with E-state index in [1.54, 1.807) is 6.08 Å². The van der Waals surface area contributed by atoms with E-state index in [9.17, 15) is 10.1 Å². The highest BCUT2D eigenvalue weighted by atomic mass is 35.5. The van der Waals surface area contributed by atoms with Crippen molar-refractivity contribution in [1.82, 2.24) is 9.88 Å². The van der Waals surface area contributed by atoms with Crippen molar-refractivity contribution in [2.45, 2.75) is 26.8 Å². The van der Waals surface area contributed by atoms with Gasteiger partial charge in [0.15, 0.2) is 0 Å². The second-order valence-corrected chi connectivity index (χ2v) is 7.35. The molecule has 5 heteroatoms. The van der Waals surface area contributed by atoms with Crippen LogP contribution in [-0.2, 0) is 4.79 Å². The maximum absolute atomic E-state index is 12.7. The van der Waals surface area contributed by atoms with Crippen LogP contribution in [0.25, 0.3) is 11.8 Å². The van der Waals surface area contributed by atoms with Crippen molar-refractivity contribution in [3.63, 3.8) is 0 Å². The van der Waals surface area contributed by atoms with Crippen LogP contribution in [0.2, 0.25) is 5.02 Å². The normalized spacial score (nSPS) is 12.3. The van der Waals surface area contributed by atoms with Gasteiger partial charge in [-0.05, 0) is 62.2 Å². The first kappa shape index (κ1) is 20.4. The molecule has 0 spiro atoms. The summed E-state index contributed by atoms with van der Waals surface area (Å²) in [6.07, 6.45) is 1.64. The summed E-state index contributed by atoms with van der Waals surface area (Å²) in [4.78, 5) is 12.7. The molecule has 0 saturated carbocycles. The fraction of sp³-hybridized carbons (Fsp3) is 0.167. The molecule has 2 aromatic carbocycles. The van der Waals surface area contributed by atoms with Gasteiger partial charge in [0.2, 0.25) is 0 Å². The number of rotatable bonds is 5. The quantitative estimate of drug-likeness (QED) is 0.449. The summed E-state index contributed by atoms with van der Waals surface area (Å²) in [6.45, 7) is 5.83. The topological polar surface area (TPSA) is 57.8 Å². The Morgan fingerprint density at radius 2 is 1.86 bits per heavy atom. The van der Waals surface area contributed by atoms with Crippen molar-refractivity contribution < 1.29 is 4.79 Å². The molecule has 0 aliphatic rings. The third-order valence-corrected chi connectivity index (χ3v) is 5.08. The Morgan fingerprint density at radius 1 is 1.14 bits per heavy atom. The van der Waals surface area contributed by atoms with E-state index in [2.05, 4.69) is 9.88 Å². The predicted octanol–water partition coefficient (Wildman–Crippen LogP) is 5.53. The number of nitriles is 1. The summed E-state index contributed by atoms with van der Waals surface area (Å²) >= 11 is 6.13. The van der Waals surface area contributed by atoms with Crippen LogP contribution in [0.15, 0.2) is 66.2 Å². The monoisotopic (exact) mass is 403 g/mol. The van der Waals surface area contributed by atoms with E-state index in [1.165, 1.54) is 0 Å². The van der Waals surface area contributed by atoms with Crippen molar-refractivity contribution in [2.75, 3.05) is 0 Å². The van der Waals surface area contributed by atoms with Crippen molar-refractivity contribution in [3.8, 4) is 11.8 Å². The molecule has 1 heterocycles. The molecule has 0 unspecified atom stereocenters. The summed E-state index contributed by atoms with van der Waals surface area (Å²) < 4.78 is 2.05. The first-order valence-corrected chi connectivity index (χ1v) is 9.71. The van der Waals surface area contributed by atoms with E-state index in [0.29, 0.717) is 5.02 Å². The average molecular weight is 404 g/mol. The molecule has 0 aliphatic carbocycles. The number of hydrogen-bond donors (Lipinski definition) is 1. The molecule has 1 atom stereocenters. The molecule has 0 aliphatic heterocycles. The summed E-state index contributed by atoms with van der Waals surface area (Å²) in [6, 6.07) is 21.0. The Labute approximate surface area is 176 Å². The van der Waals surface area contributed by atoms with Crippen LogP contribution in [0.3, 0.4) is 0 Å². The highest BCUT2D eigenvalue weighted by molar-refractivity contribution is 6.30. The van der Waals surface area contributed by atoms with Gasteiger partial charge < -0.3 is 9.88 Å². The maximum Gasteiger partial charge on any atom is 0.262 e. The molecule has 4 nitrogen and oxygen atoms in total. The molecule has 1 N–H and O–H groups in total. The molecule has 146 valence electrons. The molecule has 0 bridgehead atoms. The Hall–Kier alpha value is -3.29. The largest absolute Gasteiger partial charge is 0.345 e. The molecule has 1 aromatic heterocycles. The summed E-state index contributed by atoms with van der Waals surface area (Å²) in [5.41, 5.74) is 4.73. The Balaban J connectivity index is 1.89. The molecule has 1 amide bonds. The van der Waals surface area contributed by atoms with Gasteiger partial charge in [0.05, 0.1) is 6.04 Å². The smallest absolute Gasteiger partial charge is 0.262 e. The minimum atomic E-state index is -0.392. The number of carbonyl (C=O) groups is 1. The van der Waals surface area contributed by atoms with Gasteiger partial charge in [0.25, 0.3) is 5.91 Å². The minimum Gasteiger partial charge on any atom is -0.345 e. The standard InChI is InChI=1S/C24H22ClN3O/c1-16-12-20(18(3)28(16)23-11-7-10-22(25)14-23)13-21(15-26)24(29)27-17(2)19-8-5-4-6-9-19/h4-14,17H,1-3H3,(H,27,29)/b21-13+/t17-/m1/s1. The van der Waals surface area contributed by atoms with Crippen LogP contribution in [0.5, 0.6) is 0 Å². The number of carbonyl (C=O) groups excluding carboxylic acids is 1. The lowest BCUT2D eigenvalue weighted by Crippen LogP contribution is -2.27. The number of aryl methyl sites for hydroxylation is 1. The number of hydrogen-bond acceptors (Lipinski definition) is 2. The van der Waals surface area contributed by atoms with Crippen molar-refractivity contribution >= 4 is 23.6 Å². The molecule has 0 fully saturated rings. The lowest BCUT2D eigenvalue weighted by atomic mass is 10.1. The second-order valence-electron chi connectivity index (χ2n) is 6.92. The molecular formula is C24H22ClN3O. The van der Waals surface area contributed by atoms with Crippen LogP contribution in [0, 0.1) is 25.2 Å². The Morgan fingerprint density at radius 3 is 2.52 bits per heavy atom. The third kappa shape index (κ3) is 4.59. The zero-order valence-corrected chi connectivity index (χ0v) is 17.4. The summed E-state index contributed by atoms with van der Waals surface area (Å²) in [7, 11) is 0. The van der Waals surface area contributed by atoms with Crippen LogP contribution in [0.4, 0.5) is 0 Å². The first-order valence-electron chi connectivity index (χ1n) is 9.33. The number of aromatic nitrogens is 1. The van der Waals surface area contributed by atoms with Gasteiger partial charge in [-0.15, -0.1) is 0 Å². The minimum absolute atomic E-state index is 0.0686. The molecule has 3 rings (SSSR count). The van der Waals surface area contributed by atoms with E-state index in [0.717, 1.165) is 28.2 Å². The first-order chi connectivity index (χ1) is 13.9. The Kier molecular flexibility index (Phi) is 6.21. The highest BCUT2D eigenvalue weighted by Crippen LogP contribution is 2.24. The van der Waals surface area contributed by atoms with Gasteiger partial charge >= 0.3 is 0 Å². The average Bonchev–Trinajstić information content (AvgIpc) is 2.99. The highest BCUT2D eigenvalue weighted by Gasteiger charge is 2.16. The molecular weight excluding hydrogens is 382 g/mol. The van der Waals surface area contributed by atoms with E-state index in [1.807, 2.05) is 87.5 Å². The number of amides is 1. The van der Waals surface area contributed by atoms with Gasteiger partial charge in [0, 0.05) is 22.1 Å². The van der Waals surface area contributed by atoms with Crippen molar-refractivity contribution in [1.29, 1.82) is 5.26 Å². The van der Waals surface area contributed by atoms with Gasteiger partial charge in [-0.2, -0.15) is 5.26 Å². The van der Waals surface area contributed by atoms with Crippen LogP contribution in [-0.4, -0.2) is 10.5 Å². The number of nitrogens with one attached hydrogen (secondary N) is 1. The fourth-order valence-corrected chi connectivity index (χ4v) is 3.53. The van der Waals surface area contributed by atoms with Crippen molar-refractivity contribution in [2.24, 2.45) is 0 Å². The van der Waals surface area contributed by atoms with Gasteiger partial charge in [-0.3, -0.25) is 4.79 Å². The summed E-state index contributed by atoms with van der Waals surface area (Å²) in [5, 5.41) is 13.1. The molecule has 0 radical (unpaired) electrons. The zero-order valence-electron chi connectivity index (χ0n) is 16.6. The van der Waals surface area contributed by atoms with E-state index in [4.69, 9.17) is 11.6 Å². The SMILES string of the molecule is Cc1cc(/C=C(\C#N)C(=O)N[C@H](C)c2ccccc2)c(C)n1-c1cccc(Cl)c1. The number of benzene rings is 2. The van der Waals surface area contributed by atoms with Crippen LogP contribution < -0.4 is 5.32 Å². The maximum atomic E-state index is 12.7. The van der Waals surface area contributed by atoms with Crippen molar-refractivity contribution in [3.05, 3.63) is 93.8 Å². The van der Waals surface area contributed by atoms with Crippen LogP contribution >= 0.6 is 11.6 Å². The number of nitrogens with zero attached hydrogens (tertiary/aromatic N) is 2. The van der Waals surface area contributed by atoms with E-state index >= 15 is 0 Å². The third-order valence-electron chi connectivity index (χ3n) is 4.85. The van der Waals surface area contributed by atoms with Gasteiger partial charge in [-0.1, -0.05) is 48.0 Å². The fourth-order valence-electron chi connectivity index (χ4n) is 3.35.